The number of carbonyl (C=O) groups excluding carboxylic acids is 3. The molecule has 1 heterocycles. The number of ether oxygens (including phenoxy) is 3. The highest BCUT2D eigenvalue weighted by molar-refractivity contribution is 7.09. The number of nitrogens with one attached hydrogen (secondary N) is 2. The van der Waals surface area contributed by atoms with Gasteiger partial charge in [0.2, 0.25) is 0 Å². The number of hydrogen-bond donors (Lipinski definition) is 2. The topological polar surface area (TPSA) is 103 Å². The molecule has 31 heavy (non-hydrogen) atoms. The van der Waals surface area contributed by atoms with Crippen LogP contribution < -0.4 is 20.1 Å². The predicted octanol–water partition coefficient (Wildman–Crippen LogP) is 3.52. The van der Waals surface area contributed by atoms with Crippen LogP contribution in [0.25, 0.3) is 6.08 Å². The van der Waals surface area contributed by atoms with Crippen molar-refractivity contribution in [3.63, 3.8) is 0 Å². The SMILES string of the molecule is CCCOc1ccc(/C=C/C(=O)OCC(=O)NC(=O)NCc2cccs2)cc1OCC. The van der Waals surface area contributed by atoms with Crippen molar-refractivity contribution >= 4 is 35.3 Å². The van der Waals surface area contributed by atoms with E-state index in [1.807, 2.05) is 31.4 Å². The Bertz CT molecular complexity index is 895. The molecule has 0 aliphatic heterocycles. The van der Waals surface area contributed by atoms with Crippen LogP contribution in [0.1, 0.15) is 30.7 Å². The second-order valence-electron chi connectivity index (χ2n) is 6.24. The van der Waals surface area contributed by atoms with E-state index < -0.39 is 24.5 Å². The first kappa shape index (κ1) is 23.9. The molecule has 0 bridgehead atoms. The van der Waals surface area contributed by atoms with Gasteiger partial charge in [-0.2, -0.15) is 0 Å². The molecular formula is C22H26N2O6S. The average molecular weight is 447 g/mol. The quantitative estimate of drug-likeness (QED) is 0.404. The standard InChI is InChI=1S/C22H26N2O6S/c1-3-11-29-18-9-7-16(13-19(18)28-4-2)8-10-21(26)30-15-20(25)24-22(27)23-14-17-6-5-12-31-17/h5-10,12-13H,3-4,11,14-15H2,1-2H3,(H2,23,24,25,27)/b10-8+. The van der Waals surface area contributed by atoms with E-state index >= 15 is 0 Å². The molecule has 0 spiro atoms. The minimum Gasteiger partial charge on any atom is -0.490 e. The molecule has 3 amide bonds. The Hall–Kier alpha value is -3.33. The van der Waals surface area contributed by atoms with Crippen LogP contribution in [0.15, 0.2) is 41.8 Å². The normalized spacial score (nSPS) is 10.5. The van der Waals surface area contributed by atoms with Crippen LogP contribution in [0.3, 0.4) is 0 Å². The Morgan fingerprint density at radius 2 is 1.94 bits per heavy atom. The Kier molecular flexibility index (Phi) is 10.1. The summed E-state index contributed by atoms with van der Waals surface area (Å²) in [7, 11) is 0. The fourth-order valence-electron chi connectivity index (χ4n) is 2.36. The van der Waals surface area contributed by atoms with Crippen molar-refractivity contribution in [1.29, 1.82) is 0 Å². The molecule has 0 aliphatic carbocycles. The molecule has 8 nitrogen and oxygen atoms in total. The van der Waals surface area contributed by atoms with Crippen LogP contribution in [0.2, 0.25) is 0 Å². The summed E-state index contributed by atoms with van der Waals surface area (Å²) in [5, 5.41) is 6.53. The summed E-state index contributed by atoms with van der Waals surface area (Å²) in [4.78, 5) is 36.2. The molecule has 2 rings (SSSR count). The van der Waals surface area contributed by atoms with Gasteiger partial charge in [-0.05, 0) is 48.6 Å². The van der Waals surface area contributed by atoms with Gasteiger partial charge in [-0.15, -0.1) is 11.3 Å². The molecule has 2 N–H and O–H groups in total. The molecule has 0 saturated heterocycles. The van der Waals surface area contributed by atoms with E-state index in [1.165, 1.54) is 17.4 Å². The summed E-state index contributed by atoms with van der Waals surface area (Å²) in [5.74, 6) is -0.211. The van der Waals surface area contributed by atoms with Gasteiger partial charge in [-0.3, -0.25) is 10.1 Å². The van der Waals surface area contributed by atoms with Crippen molar-refractivity contribution in [3.05, 3.63) is 52.2 Å². The first-order valence-electron chi connectivity index (χ1n) is 9.86. The number of benzene rings is 1. The van der Waals surface area contributed by atoms with Crippen molar-refractivity contribution in [2.24, 2.45) is 0 Å². The van der Waals surface area contributed by atoms with Gasteiger partial charge in [-0.25, -0.2) is 9.59 Å². The summed E-state index contributed by atoms with van der Waals surface area (Å²) in [6, 6.07) is 8.38. The summed E-state index contributed by atoms with van der Waals surface area (Å²) >= 11 is 1.49. The van der Waals surface area contributed by atoms with E-state index in [1.54, 1.807) is 24.3 Å². The molecule has 0 fully saturated rings. The highest BCUT2D eigenvalue weighted by Crippen LogP contribution is 2.29. The van der Waals surface area contributed by atoms with Crippen molar-refractivity contribution in [2.45, 2.75) is 26.8 Å². The Morgan fingerprint density at radius 1 is 1.10 bits per heavy atom. The van der Waals surface area contributed by atoms with Crippen LogP contribution in [-0.2, 0) is 20.9 Å². The maximum absolute atomic E-state index is 11.9. The lowest BCUT2D eigenvalue weighted by Gasteiger charge is -2.12. The number of thiophene rings is 1. The number of esters is 1. The van der Waals surface area contributed by atoms with Gasteiger partial charge in [0, 0.05) is 11.0 Å². The van der Waals surface area contributed by atoms with E-state index in [9.17, 15) is 14.4 Å². The minimum absolute atomic E-state index is 0.311. The van der Waals surface area contributed by atoms with Crippen molar-refractivity contribution in [3.8, 4) is 11.5 Å². The van der Waals surface area contributed by atoms with Gasteiger partial charge < -0.3 is 19.5 Å². The van der Waals surface area contributed by atoms with E-state index in [0.29, 0.717) is 36.8 Å². The zero-order valence-electron chi connectivity index (χ0n) is 17.5. The Morgan fingerprint density at radius 3 is 2.65 bits per heavy atom. The second kappa shape index (κ2) is 13.1. The fourth-order valence-corrected chi connectivity index (χ4v) is 3.01. The third-order valence-corrected chi connectivity index (χ3v) is 4.62. The largest absolute Gasteiger partial charge is 0.490 e. The summed E-state index contributed by atoms with van der Waals surface area (Å²) < 4.78 is 16.1. The predicted molar refractivity (Wildman–Crippen MR) is 118 cm³/mol. The van der Waals surface area contributed by atoms with Gasteiger partial charge in [0.15, 0.2) is 18.1 Å². The summed E-state index contributed by atoms with van der Waals surface area (Å²) in [6.07, 6.45) is 3.62. The molecule has 0 aliphatic rings. The zero-order chi connectivity index (χ0) is 22.5. The Balaban J connectivity index is 1.78. The monoisotopic (exact) mass is 446 g/mol. The number of urea groups is 1. The smallest absolute Gasteiger partial charge is 0.331 e. The lowest BCUT2D eigenvalue weighted by molar-refractivity contribution is -0.143. The first-order valence-corrected chi connectivity index (χ1v) is 10.7. The lowest BCUT2D eigenvalue weighted by Crippen LogP contribution is -2.40. The molecule has 2 aromatic rings. The van der Waals surface area contributed by atoms with Crippen LogP contribution >= 0.6 is 11.3 Å². The van der Waals surface area contributed by atoms with Gasteiger partial charge in [0.05, 0.1) is 19.8 Å². The van der Waals surface area contributed by atoms with Crippen molar-refractivity contribution in [1.82, 2.24) is 10.6 Å². The van der Waals surface area contributed by atoms with Gasteiger partial charge in [0.25, 0.3) is 5.91 Å². The highest BCUT2D eigenvalue weighted by atomic mass is 32.1. The lowest BCUT2D eigenvalue weighted by atomic mass is 10.2. The maximum atomic E-state index is 11.9. The minimum atomic E-state index is -0.721. The molecule has 0 radical (unpaired) electrons. The molecule has 0 unspecified atom stereocenters. The molecule has 0 saturated carbocycles. The van der Waals surface area contributed by atoms with Crippen LogP contribution in [-0.4, -0.2) is 37.7 Å². The molecule has 1 aromatic carbocycles. The van der Waals surface area contributed by atoms with E-state index in [4.69, 9.17) is 14.2 Å². The highest BCUT2D eigenvalue weighted by Gasteiger charge is 2.10. The van der Waals surface area contributed by atoms with Gasteiger partial charge in [-0.1, -0.05) is 19.1 Å². The molecule has 1 aromatic heterocycles. The maximum Gasteiger partial charge on any atom is 0.331 e. The third-order valence-electron chi connectivity index (χ3n) is 3.74. The molecule has 0 atom stereocenters. The van der Waals surface area contributed by atoms with Crippen LogP contribution in [0.4, 0.5) is 4.79 Å². The number of imide groups is 1. The number of amides is 3. The van der Waals surface area contributed by atoms with Gasteiger partial charge >= 0.3 is 12.0 Å². The third kappa shape index (κ3) is 8.91. The molecule has 9 heteroatoms. The molecule has 166 valence electrons. The second-order valence-corrected chi connectivity index (χ2v) is 7.27. The van der Waals surface area contributed by atoms with Crippen molar-refractivity contribution in [2.75, 3.05) is 19.8 Å². The zero-order valence-corrected chi connectivity index (χ0v) is 18.3. The van der Waals surface area contributed by atoms with Gasteiger partial charge in [0.1, 0.15) is 0 Å². The summed E-state index contributed by atoms with van der Waals surface area (Å²) in [6.45, 7) is 4.69. The van der Waals surface area contributed by atoms with Crippen molar-refractivity contribution < 1.29 is 28.6 Å². The van der Waals surface area contributed by atoms with Crippen LogP contribution in [0, 0.1) is 0 Å². The number of carbonyl (C=O) groups is 3. The average Bonchev–Trinajstić information content (AvgIpc) is 3.28. The van der Waals surface area contributed by atoms with E-state index in [2.05, 4.69) is 10.6 Å². The van der Waals surface area contributed by atoms with E-state index in [0.717, 1.165) is 11.3 Å². The van der Waals surface area contributed by atoms with E-state index in [-0.39, 0.29) is 0 Å². The fraction of sp³-hybridized carbons (Fsp3) is 0.318. The Labute approximate surface area is 185 Å². The van der Waals surface area contributed by atoms with Crippen LogP contribution in [0.5, 0.6) is 11.5 Å². The number of rotatable bonds is 11. The number of hydrogen-bond acceptors (Lipinski definition) is 7. The molecular weight excluding hydrogens is 420 g/mol. The first-order chi connectivity index (χ1) is 15.0. The summed E-state index contributed by atoms with van der Waals surface area (Å²) in [5.41, 5.74) is 0.710.